The first-order chi connectivity index (χ1) is 9.72. The SMILES string of the molecule is NCCc1cccc(Br)c1OCCn1ccccc1=O. The first-order valence-corrected chi connectivity index (χ1v) is 7.27. The summed E-state index contributed by atoms with van der Waals surface area (Å²) in [4.78, 5) is 11.6. The maximum Gasteiger partial charge on any atom is 0.250 e. The van der Waals surface area contributed by atoms with Crippen molar-refractivity contribution in [1.82, 2.24) is 4.57 Å². The van der Waals surface area contributed by atoms with Gasteiger partial charge in [0.1, 0.15) is 12.4 Å². The molecule has 0 amide bonds. The fraction of sp³-hybridized carbons (Fsp3) is 0.267. The Morgan fingerprint density at radius 1 is 1.20 bits per heavy atom. The molecule has 2 N–H and O–H groups in total. The lowest BCUT2D eigenvalue weighted by atomic mass is 10.1. The summed E-state index contributed by atoms with van der Waals surface area (Å²) in [7, 11) is 0. The number of hydrogen-bond acceptors (Lipinski definition) is 3. The molecule has 1 aromatic carbocycles. The van der Waals surface area contributed by atoms with E-state index in [2.05, 4.69) is 15.9 Å². The van der Waals surface area contributed by atoms with E-state index in [1.54, 1.807) is 16.8 Å². The predicted octanol–water partition coefficient (Wildman–Crippen LogP) is 2.19. The van der Waals surface area contributed by atoms with Gasteiger partial charge < -0.3 is 15.0 Å². The Hall–Kier alpha value is -1.59. The Morgan fingerprint density at radius 2 is 2.05 bits per heavy atom. The summed E-state index contributed by atoms with van der Waals surface area (Å²) in [5.74, 6) is 0.807. The van der Waals surface area contributed by atoms with Crippen LogP contribution in [0.5, 0.6) is 5.75 Å². The van der Waals surface area contributed by atoms with Gasteiger partial charge >= 0.3 is 0 Å². The van der Waals surface area contributed by atoms with Crippen molar-refractivity contribution in [2.75, 3.05) is 13.2 Å². The third-order valence-electron chi connectivity index (χ3n) is 2.94. The van der Waals surface area contributed by atoms with Crippen LogP contribution in [0.2, 0.25) is 0 Å². The van der Waals surface area contributed by atoms with Gasteiger partial charge in [-0.05, 0) is 46.6 Å². The molecular weight excluding hydrogens is 320 g/mol. The Bertz CT molecular complexity index is 625. The lowest BCUT2D eigenvalue weighted by Crippen LogP contribution is -2.21. The van der Waals surface area contributed by atoms with E-state index in [-0.39, 0.29) is 5.56 Å². The van der Waals surface area contributed by atoms with E-state index in [4.69, 9.17) is 10.5 Å². The summed E-state index contributed by atoms with van der Waals surface area (Å²) in [5.41, 5.74) is 6.65. The number of pyridine rings is 1. The van der Waals surface area contributed by atoms with E-state index >= 15 is 0 Å². The maximum absolute atomic E-state index is 11.6. The first kappa shape index (κ1) is 14.8. The second-order valence-electron chi connectivity index (χ2n) is 4.35. The van der Waals surface area contributed by atoms with Crippen LogP contribution in [0, 0.1) is 0 Å². The van der Waals surface area contributed by atoms with E-state index in [0.29, 0.717) is 19.7 Å². The normalized spacial score (nSPS) is 10.5. The molecule has 1 aromatic heterocycles. The van der Waals surface area contributed by atoms with Crippen LogP contribution in [0.4, 0.5) is 0 Å². The Morgan fingerprint density at radius 3 is 2.80 bits per heavy atom. The van der Waals surface area contributed by atoms with Crippen molar-refractivity contribution in [2.24, 2.45) is 5.73 Å². The number of aromatic nitrogens is 1. The molecule has 0 aliphatic carbocycles. The average Bonchev–Trinajstić information content (AvgIpc) is 2.44. The average molecular weight is 337 g/mol. The van der Waals surface area contributed by atoms with Gasteiger partial charge in [0.15, 0.2) is 0 Å². The van der Waals surface area contributed by atoms with Gasteiger partial charge in [-0.3, -0.25) is 4.79 Å². The minimum absolute atomic E-state index is 0.0228. The molecule has 5 heteroatoms. The maximum atomic E-state index is 11.6. The second kappa shape index (κ2) is 7.26. The molecule has 0 saturated heterocycles. The van der Waals surface area contributed by atoms with Crippen molar-refractivity contribution < 1.29 is 4.74 Å². The summed E-state index contributed by atoms with van der Waals surface area (Å²) in [6.07, 6.45) is 2.52. The number of benzene rings is 1. The van der Waals surface area contributed by atoms with Crippen LogP contribution < -0.4 is 16.0 Å². The number of halogens is 1. The van der Waals surface area contributed by atoms with E-state index in [9.17, 15) is 4.79 Å². The number of nitrogens with two attached hydrogens (primary N) is 1. The smallest absolute Gasteiger partial charge is 0.250 e. The Labute approximate surface area is 126 Å². The zero-order valence-corrected chi connectivity index (χ0v) is 12.7. The summed E-state index contributed by atoms with van der Waals surface area (Å²) in [6, 6.07) is 11.0. The minimum atomic E-state index is -0.0228. The summed E-state index contributed by atoms with van der Waals surface area (Å²) in [6.45, 7) is 1.53. The van der Waals surface area contributed by atoms with Gasteiger partial charge in [0.2, 0.25) is 0 Å². The van der Waals surface area contributed by atoms with Crippen molar-refractivity contribution in [1.29, 1.82) is 0 Å². The monoisotopic (exact) mass is 336 g/mol. The van der Waals surface area contributed by atoms with Gasteiger partial charge in [-0.2, -0.15) is 0 Å². The molecule has 0 saturated carbocycles. The molecule has 0 aliphatic heterocycles. The molecule has 0 spiro atoms. The number of hydrogen-bond donors (Lipinski definition) is 1. The van der Waals surface area contributed by atoms with Crippen molar-refractivity contribution in [3.05, 3.63) is 63.0 Å². The van der Waals surface area contributed by atoms with Crippen molar-refractivity contribution >= 4 is 15.9 Å². The summed E-state index contributed by atoms with van der Waals surface area (Å²) in [5, 5.41) is 0. The summed E-state index contributed by atoms with van der Waals surface area (Å²) < 4.78 is 8.35. The molecule has 0 atom stereocenters. The molecule has 106 valence electrons. The quantitative estimate of drug-likeness (QED) is 0.879. The van der Waals surface area contributed by atoms with E-state index in [1.807, 2.05) is 24.3 Å². The third kappa shape index (κ3) is 3.71. The van der Waals surface area contributed by atoms with Gasteiger partial charge in [-0.15, -0.1) is 0 Å². The number of ether oxygens (including phenoxy) is 1. The van der Waals surface area contributed by atoms with Crippen LogP contribution in [0.25, 0.3) is 0 Å². The van der Waals surface area contributed by atoms with Gasteiger partial charge in [-0.1, -0.05) is 18.2 Å². The van der Waals surface area contributed by atoms with Crippen LogP contribution in [0.1, 0.15) is 5.56 Å². The van der Waals surface area contributed by atoms with E-state index < -0.39 is 0 Å². The fourth-order valence-electron chi connectivity index (χ4n) is 1.96. The van der Waals surface area contributed by atoms with Crippen LogP contribution in [0.15, 0.2) is 51.9 Å². The molecular formula is C15H17BrN2O2. The topological polar surface area (TPSA) is 57.2 Å². The van der Waals surface area contributed by atoms with Gasteiger partial charge in [0.25, 0.3) is 5.56 Å². The van der Waals surface area contributed by atoms with E-state index in [1.165, 1.54) is 6.07 Å². The molecule has 4 nitrogen and oxygen atoms in total. The Kier molecular flexibility index (Phi) is 5.38. The second-order valence-corrected chi connectivity index (χ2v) is 5.20. The predicted molar refractivity (Wildman–Crippen MR) is 83.1 cm³/mol. The molecule has 2 aromatic rings. The van der Waals surface area contributed by atoms with Gasteiger partial charge in [0, 0.05) is 12.3 Å². The van der Waals surface area contributed by atoms with Crippen LogP contribution in [-0.2, 0) is 13.0 Å². The molecule has 2 rings (SSSR count). The molecule has 0 bridgehead atoms. The third-order valence-corrected chi connectivity index (χ3v) is 3.56. The lowest BCUT2D eigenvalue weighted by molar-refractivity contribution is 0.292. The first-order valence-electron chi connectivity index (χ1n) is 6.48. The molecule has 1 heterocycles. The highest BCUT2D eigenvalue weighted by Crippen LogP contribution is 2.29. The zero-order chi connectivity index (χ0) is 14.4. The van der Waals surface area contributed by atoms with Crippen molar-refractivity contribution in [2.45, 2.75) is 13.0 Å². The number of rotatable bonds is 6. The van der Waals surface area contributed by atoms with Crippen LogP contribution >= 0.6 is 15.9 Å². The van der Waals surface area contributed by atoms with Crippen molar-refractivity contribution in [3.63, 3.8) is 0 Å². The number of nitrogens with zero attached hydrogens (tertiary/aromatic N) is 1. The standard InChI is InChI=1S/C15H17BrN2O2/c16-13-5-3-4-12(7-8-17)15(13)20-11-10-18-9-2-1-6-14(18)19/h1-6,9H,7-8,10-11,17H2. The fourth-order valence-corrected chi connectivity index (χ4v) is 2.48. The van der Waals surface area contributed by atoms with Gasteiger partial charge in [-0.25, -0.2) is 0 Å². The largest absolute Gasteiger partial charge is 0.490 e. The molecule has 0 aliphatic rings. The zero-order valence-electron chi connectivity index (χ0n) is 11.1. The highest BCUT2D eigenvalue weighted by molar-refractivity contribution is 9.10. The molecule has 0 unspecified atom stereocenters. The van der Waals surface area contributed by atoms with Crippen LogP contribution in [-0.4, -0.2) is 17.7 Å². The molecule has 20 heavy (non-hydrogen) atoms. The highest BCUT2D eigenvalue weighted by atomic mass is 79.9. The summed E-state index contributed by atoms with van der Waals surface area (Å²) >= 11 is 3.48. The van der Waals surface area contributed by atoms with E-state index in [0.717, 1.165) is 22.2 Å². The highest BCUT2D eigenvalue weighted by Gasteiger charge is 2.07. The van der Waals surface area contributed by atoms with Gasteiger partial charge in [0.05, 0.1) is 11.0 Å². The van der Waals surface area contributed by atoms with Crippen LogP contribution in [0.3, 0.4) is 0 Å². The lowest BCUT2D eigenvalue weighted by Gasteiger charge is -2.13. The molecule has 0 fully saturated rings. The molecule has 0 radical (unpaired) electrons. The van der Waals surface area contributed by atoms with Crippen molar-refractivity contribution in [3.8, 4) is 5.75 Å². The Balaban J connectivity index is 2.04. The minimum Gasteiger partial charge on any atom is -0.490 e. The number of para-hydroxylation sites is 1.